The van der Waals surface area contributed by atoms with Gasteiger partial charge in [-0.1, -0.05) is 82.4 Å². The third kappa shape index (κ3) is 8.91. The van der Waals surface area contributed by atoms with Crippen LogP contribution >= 0.6 is 0 Å². The van der Waals surface area contributed by atoms with Crippen molar-refractivity contribution in [3.8, 4) is 0 Å². The van der Waals surface area contributed by atoms with Crippen molar-refractivity contribution in [2.24, 2.45) is 29.4 Å². The third-order valence-electron chi connectivity index (χ3n) is 8.08. The standard InChI is InChI=1S/C31H46N4O3/c1-4-24(21(2)3)17-29(36)28(16-23-13-9-6-10-14-23)35-31(38)26(18-25-19-33-20-34-25)30(37)27(32)15-22-11-7-5-8-12-22/h4-5,7-8,11-12,19-21,23-24,26-29,36H,1,6,9-10,13-18,32H2,2-3H3,(H,33,34)(H,35,38)/t24-,26?,27+,28+,29+/m1/s1. The number of allylic oxidation sites excluding steroid dienone is 1. The highest BCUT2D eigenvalue weighted by Gasteiger charge is 2.35. The Kier molecular flexibility index (Phi) is 11.7. The lowest BCUT2D eigenvalue weighted by Gasteiger charge is -2.33. The summed E-state index contributed by atoms with van der Waals surface area (Å²) in [5, 5.41) is 14.4. The number of aliphatic hydroxyl groups is 1. The number of nitrogens with two attached hydrogens (primary N) is 1. The molecule has 1 saturated carbocycles. The van der Waals surface area contributed by atoms with Crippen LogP contribution < -0.4 is 11.1 Å². The van der Waals surface area contributed by atoms with Crippen molar-refractivity contribution in [3.05, 3.63) is 66.8 Å². The summed E-state index contributed by atoms with van der Waals surface area (Å²) in [6.45, 7) is 8.18. The van der Waals surface area contributed by atoms with Crippen LogP contribution in [0.4, 0.5) is 0 Å². The SMILES string of the molecule is C=C[C@H](C[C@H](O)[C@H](CC1CCCCC1)NC(=O)C(Cc1cnc[nH]1)C(=O)[C@@H](N)Cc1ccccc1)C(C)C. The Morgan fingerprint density at radius 1 is 1.18 bits per heavy atom. The molecule has 38 heavy (non-hydrogen) atoms. The van der Waals surface area contributed by atoms with E-state index in [0.29, 0.717) is 36.8 Å². The minimum absolute atomic E-state index is 0.137. The Hall–Kier alpha value is -2.77. The zero-order chi connectivity index (χ0) is 27.5. The van der Waals surface area contributed by atoms with Crippen molar-refractivity contribution in [2.45, 2.75) is 89.8 Å². The molecule has 1 aliphatic rings. The fourth-order valence-corrected chi connectivity index (χ4v) is 5.63. The lowest BCUT2D eigenvalue weighted by Crippen LogP contribution is -2.51. The Morgan fingerprint density at radius 3 is 2.50 bits per heavy atom. The normalized spacial score (nSPS) is 18.3. The third-order valence-corrected chi connectivity index (χ3v) is 8.08. The molecule has 0 bridgehead atoms. The van der Waals surface area contributed by atoms with E-state index >= 15 is 0 Å². The molecule has 1 unspecified atom stereocenters. The zero-order valence-electron chi connectivity index (χ0n) is 23.0. The number of rotatable bonds is 15. The topological polar surface area (TPSA) is 121 Å². The van der Waals surface area contributed by atoms with E-state index in [1.165, 1.54) is 25.6 Å². The maximum Gasteiger partial charge on any atom is 0.231 e. The lowest BCUT2D eigenvalue weighted by atomic mass is 9.81. The molecule has 7 heteroatoms. The van der Waals surface area contributed by atoms with Gasteiger partial charge in [0.25, 0.3) is 0 Å². The average molecular weight is 523 g/mol. The maximum absolute atomic E-state index is 13.8. The molecule has 2 aromatic rings. The van der Waals surface area contributed by atoms with Gasteiger partial charge in [-0.15, -0.1) is 6.58 Å². The van der Waals surface area contributed by atoms with Gasteiger partial charge in [0.05, 0.1) is 24.5 Å². The van der Waals surface area contributed by atoms with Crippen LogP contribution in [0.3, 0.4) is 0 Å². The van der Waals surface area contributed by atoms with Crippen LogP contribution in [0.1, 0.15) is 70.1 Å². The predicted octanol–water partition coefficient (Wildman–Crippen LogP) is 4.37. The largest absolute Gasteiger partial charge is 0.391 e. The van der Waals surface area contributed by atoms with Gasteiger partial charge in [0.1, 0.15) is 5.92 Å². The first kappa shape index (κ1) is 29.8. The van der Waals surface area contributed by atoms with E-state index in [-0.39, 0.29) is 24.0 Å². The molecule has 5 atom stereocenters. The Labute approximate surface area is 227 Å². The maximum atomic E-state index is 13.8. The summed E-state index contributed by atoms with van der Waals surface area (Å²) in [4.78, 5) is 34.4. The second-order valence-electron chi connectivity index (χ2n) is 11.3. The molecular weight excluding hydrogens is 476 g/mol. The molecule has 1 aromatic heterocycles. The van der Waals surface area contributed by atoms with E-state index in [1.807, 2.05) is 36.4 Å². The number of nitrogens with zero attached hydrogens (tertiary/aromatic N) is 1. The Balaban J connectivity index is 1.79. The molecule has 0 radical (unpaired) electrons. The van der Waals surface area contributed by atoms with Crippen molar-refractivity contribution < 1.29 is 14.7 Å². The number of nitrogens with one attached hydrogen (secondary N) is 2. The smallest absolute Gasteiger partial charge is 0.231 e. The Morgan fingerprint density at radius 2 is 1.89 bits per heavy atom. The van der Waals surface area contributed by atoms with Crippen LogP contribution in [-0.4, -0.2) is 45.0 Å². The minimum atomic E-state index is -0.976. The van der Waals surface area contributed by atoms with Gasteiger partial charge in [0, 0.05) is 18.3 Å². The van der Waals surface area contributed by atoms with Gasteiger partial charge in [-0.3, -0.25) is 9.59 Å². The summed E-state index contributed by atoms with van der Waals surface area (Å²) in [6, 6.07) is 8.34. The molecule has 208 valence electrons. The molecule has 1 aromatic carbocycles. The fourth-order valence-electron chi connectivity index (χ4n) is 5.63. The number of aromatic amines is 1. The number of carbonyl (C=O) groups excluding carboxylic acids is 2. The van der Waals surface area contributed by atoms with Gasteiger partial charge in [0.15, 0.2) is 5.78 Å². The number of aliphatic hydroxyl groups excluding tert-OH is 1. The molecule has 1 aliphatic carbocycles. The molecule has 0 aliphatic heterocycles. The monoisotopic (exact) mass is 522 g/mol. The average Bonchev–Trinajstić information content (AvgIpc) is 3.43. The lowest BCUT2D eigenvalue weighted by molar-refractivity contribution is -0.136. The first-order valence-corrected chi connectivity index (χ1v) is 14.2. The van der Waals surface area contributed by atoms with Crippen molar-refractivity contribution in [3.63, 3.8) is 0 Å². The van der Waals surface area contributed by atoms with Crippen LogP contribution in [0.15, 0.2) is 55.5 Å². The van der Waals surface area contributed by atoms with Crippen LogP contribution in [0.5, 0.6) is 0 Å². The van der Waals surface area contributed by atoms with E-state index in [9.17, 15) is 14.7 Å². The number of H-pyrrole nitrogens is 1. The van der Waals surface area contributed by atoms with Crippen LogP contribution in [0, 0.1) is 23.7 Å². The first-order chi connectivity index (χ1) is 18.3. The summed E-state index contributed by atoms with van der Waals surface area (Å²) >= 11 is 0. The van der Waals surface area contributed by atoms with Gasteiger partial charge in [-0.2, -0.15) is 0 Å². The zero-order valence-corrected chi connectivity index (χ0v) is 23.0. The highest BCUT2D eigenvalue weighted by atomic mass is 16.3. The molecule has 1 heterocycles. The predicted molar refractivity (Wildman–Crippen MR) is 151 cm³/mol. The van der Waals surface area contributed by atoms with Gasteiger partial charge in [-0.05, 0) is 42.6 Å². The van der Waals surface area contributed by atoms with Gasteiger partial charge < -0.3 is 21.1 Å². The summed E-state index contributed by atoms with van der Waals surface area (Å²) in [5.74, 6) is -0.746. The number of aromatic nitrogens is 2. The number of Topliss-reactive ketones (excluding diaryl/α,β-unsaturated/α-hetero) is 1. The number of hydrogen-bond acceptors (Lipinski definition) is 5. The van der Waals surface area contributed by atoms with Crippen molar-refractivity contribution in [1.82, 2.24) is 15.3 Å². The molecular formula is C31H46N4O3. The molecule has 0 spiro atoms. The number of ketones is 1. The molecule has 0 saturated heterocycles. The van der Waals surface area contributed by atoms with E-state index in [1.54, 1.807) is 6.20 Å². The van der Waals surface area contributed by atoms with Crippen LogP contribution in [-0.2, 0) is 22.4 Å². The van der Waals surface area contributed by atoms with Gasteiger partial charge >= 0.3 is 0 Å². The number of imidazole rings is 1. The van der Waals surface area contributed by atoms with Crippen molar-refractivity contribution in [2.75, 3.05) is 0 Å². The second-order valence-corrected chi connectivity index (χ2v) is 11.3. The minimum Gasteiger partial charge on any atom is -0.391 e. The number of hydrogen-bond donors (Lipinski definition) is 4. The highest BCUT2D eigenvalue weighted by Crippen LogP contribution is 2.30. The van der Waals surface area contributed by atoms with Crippen LogP contribution in [0.2, 0.25) is 0 Å². The van der Waals surface area contributed by atoms with Crippen molar-refractivity contribution in [1.29, 1.82) is 0 Å². The van der Waals surface area contributed by atoms with Crippen molar-refractivity contribution >= 4 is 11.7 Å². The molecule has 7 nitrogen and oxygen atoms in total. The van der Waals surface area contributed by atoms with E-state index in [0.717, 1.165) is 18.4 Å². The molecule has 5 N–H and O–H groups in total. The molecule has 1 amide bonds. The summed E-state index contributed by atoms with van der Waals surface area (Å²) in [5.41, 5.74) is 8.00. The van der Waals surface area contributed by atoms with Gasteiger partial charge in [0.2, 0.25) is 5.91 Å². The molecule has 3 rings (SSSR count). The number of benzene rings is 1. The Bertz CT molecular complexity index is 986. The van der Waals surface area contributed by atoms with E-state index < -0.39 is 24.1 Å². The summed E-state index contributed by atoms with van der Waals surface area (Å²) in [6.07, 6.45) is 11.9. The van der Waals surface area contributed by atoms with Crippen LogP contribution in [0.25, 0.3) is 0 Å². The second kappa shape index (κ2) is 15.0. The quantitative estimate of drug-likeness (QED) is 0.204. The first-order valence-electron chi connectivity index (χ1n) is 14.2. The van der Waals surface area contributed by atoms with E-state index in [4.69, 9.17) is 5.73 Å². The number of carbonyl (C=O) groups is 2. The fraction of sp³-hybridized carbons (Fsp3) is 0.581. The summed E-state index contributed by atoms with van der Waals surface area (Å²) in [7, 11) is 0. The molecule has 1 fully saturated rings. The van der Waals surface area contributed by atoms with E-state index in [2.05, 4.69) is 35.7 Å². The van der Waals surface area contributed by atoms with Gasteiger partial charge in [-0.25, -0.2) is 4.98 Å². The number of amides is 1. The highest BCUT2D eigenvalue weighted by molar-refractivity contribution is 6.04. The summed E-state index contributed by atoms with van der Waals surface area (Å²) < 4.78 is 0.